The Labute approximate surface area is 141 Å². The molecule has 2 N–H and O–H groups in total. The van der Waals surface area contributed by atoms with Crippen LogP contribution in [0.1, 0.15) is 24.0 Å². The third-order valence-electron chi connectivity index (χ3n) is 4.33. The molecule has 24 heavy (non-hydrogen) atoms. The van der Waals surface area contributed by atoms with Gasteiger partial charge in [0.2, 0.25) is 0 Å². The minimum absolute atomic E-state index is 0.303. The molecule has 2 rings (SSSR count). The van der Waals surface area contributed by atoms with Gasteiger partial charge in [-0.3, -0.25) is 4.99 Å². The Balaban J connectivity index is 1.81. The van der Waals surface area contributed by atoms with E-state index in [0.717, 1.165) is 44.6 Å². The van der Waals surface area contributed by atoms with Crippen molar-refractivity contribution in [3.63, 3.8) is 0 Å². The fourth-order valence-electron chi connectivity index (χ4n) is 2.77. The topological polar surface area (TPSA) is 39.7 Å². The summed E-state index contributed by atoms with van der Waals surface area (Å²) >= 11 is 0. The van der Waals surface area contributed by atoms with Crippen LogP contribution in [0.3, 0.4) is 0 Å². The second kappa shape index (κ2) is 8.37. The maximum absolute atomic E-state index is 12.7. The molecule has 0 amide bonds. The number of aliphatic imine (C=N–C) groups is 1. The Morgan fingerprint density at radius 1 is 1.25 bits per heavy atom. The smallest absolute Gasteiger partial charge is 0.356 e. The Bertz CT molecular complexity index is 549. The highest BCUT2D eigenvalue weighted by atomic mass is 19.4. The molecular formula is C17H25F3N4. The summed E-state index contributed by atoms with van der Waals surface area (Å²) in [5.74, 6) is 1.22. The number of nitrogens with one attached hydrogen (secondary N) is 2. The van der Waals surface area contributed by atoms with Crippen LogP contribution >= 0.6 is 0 Å². The van der Waals surface area contributed by atoms with Crippen LogP contribution in [0.25, 0.3) is 0 Å². The zero-order valence-corrected chi connectivity index (χ0v) is 14.2. The Morgan fingerprint density at radius 3 is 2.58 bits per heavy atom. The van der Waals surface area contributed by atoms with Crippen molar-refractivity contribution in [2.75, 3.05) is 33.7 Å². The average molecular weight is 342 g/mol. The molecule has 0 atom stereocenters. The van der Waals surface area contributed by atoms with E-state index in [0.29, 0.717) is 24.0 Å². The SMILES string of the molecule is CN=C(NCc1cccc(C(F)(F)F)c1)NCC1CCN(C)CC1. The van der Waals surface area contributed by atoms with Gasteiger partial charge in [-0.2, -0.15) is 13.2 Å². The van der Waals surface area contributed by atoms with Crippen LogP contribution in [0.5, 0.6) is 0 Å². The molecule has 0 aliphatic carbocycles. The second-order valence-electron chi connectivity index (χ2n) is 6.25. The molecule has 0 unspecified atom stereocenters. The Hall–Kier alpha value is -1.76. The number of benzene rings is 1. The Morgan fingerprint density at radius 2 is 1.96 bits per heavy atom. The fraction of sp³-hybridized carbons (Fsp3) is 0.588. The maximum Gasteiger partial charge on any atom is 0.416 e. The van der Waals surface area contributed by atoms with E-state index in [9.17, 15) is 13.2 Å². The lowest BCUT2D eigenvalue weighted by atomic mass is 9.97. The lowest BCUT2D eigenvalue weighted by Gasteiger charge is -2.29. The van der Waals surface area contributed by atoms with E-state index in [-0.39, 0.29) is 0 Å². The van der Waals surface area contributed by atoms with Gasteiger partial charge >= 0.3 is 6.18 Å². The molecule has 0 saturated carbocycles. The van der Waals surface area contributed by atoms with E-state index in [4.69, 9.17) is 0 Å². The van der Waals surface area contributed by atoms with Gasteiger partial charge in [-0.15, -0.1) is 0 Å². The molecule has 0 aromatic heterocycles. The number of hydrogen-bond donors (Lipinski definition) is 2. The maximum atomic E-state index is 12.7. The summed E-state index contributed by atoms with van der Waals surface area (Å²) < 4.78 is 38.2. The van der Waals surface area contributed by atoms with Gasteiger partial charge in [-0.25, -0.2) is 0 Å². The molecule has 134 valence electrons. The van der Waals surface area contributed by atoms with Crippen molar-refractivity contribution in [3.8, 4) is 0 Å². The molecule has 1 aliphatic heterocycles. The van der Waals surface area contributed by atoms with Crippen LogP contribution in [-0.2, 0) is 12.7 Å². The van der Waals surface area contributed by atoms with E-state index in [1.807, 2.05) is 0 Å². The number of piperidine rings is 1. The second-order valence-corrected chi connectivity index (χ2v) is 6.25. The predicted molar refractivity (Wildman–Crippen MR) is 89.9 cm³/mol. The van der Waals surface area contributed by atoms with Gasteiger partial charge in [-0.1, -0.05) is 12.1 Å². The highest BCUT2D eigenvalue weighted by Gasteiger charge is 2.30. The molecule has 1 heterocycles. The van der Waals surface area contributed by atoms with Gasteiger partial charge in [-0.05, 0) is 56.6 Å². The summed E-state index contributed by atoms with van der Waals surface area (Å²) in [7, 11) is 3.79. The van der Waals surface area contributed by atoms with Gasteiger partial charge in [0.25, 0.3) is 0 Å². The third-order valence-corrected chi connectivity index (χ3v) is 4.33. The largest absolute Gasteiger partial charge is 0.416 e. The molecule has 0 radical (unpaired) electrons. The van der Waals surface area contributed by atoms with Crippen molar-refractivity contribution in [2.24, 2.45) is 10.9 Å². The molecule has 1 fully saturated rings. The van der Waals surface area contributed by atoms with Crippen LogP contribution in [-0.4, -0.2) is 44.6 Å². The summed E-state index contributed by atoms with van der Waals surface area (Å²) in [6.07, 6.45) is -2.02. The third kappa shape index (κ3) is 5.70. The van der Waals surface area contributed by atoms with Gasteiger partial charge in [0.1, 0.15) is 0 Å². The van der Waals surface area contributed by atoms with Crippen LogP contribution in [0, 0.1) is 5.92 Å². The first kappa shape index (κ1) is 18.6. The standard InChI is InChI=1S/C17H25F3N4/c1-21-16(22-11-13-6-8-24(2)9-7-13)23-12-14-4-3-5-15(10-14)17(18,19)20/h3-5,10,13H,6-9,11-12H2,1-2H3,(H2,21,22,23). The molecule has 0 spiro atoms. The number of hydrogen-bond acceptors (Lipinski definition) is 2. The van der Waals surface area contributed by atoms with Crippen LogP contribution < -0.4 is 10.6 Å². The molecule has 0 bridgehead atoms. The average Bonchev–Trinajstić information content (AvgIpc) is 2.56. The van der Waals surface area contributed by atoms with Crippen molar-refractivity contribution in [2.45, 2.75) is 25.6 Å². The first-order chi connectivity index (χ1) is 11.4. The van der Waals surface area contributed by atoms with Crippen LogP contribution in [0.4, 0.5) is 13.2 Å². The molecule has 4 nitrogen and oxygen atoms in total. The molecule has 1 saturated heterocycles. The first-order valence-electron chi connectivity index (χ1n) is 8.17. The predicted octanol–water partition coefficient (Wildman–Crippen LogP) is 2.71. The monoisotopic (exact) mass is 342 g/mol. The van der Waals surface area contributed by atoms with E-state index in [1.54, 1.807) is 13.1 Å². The van der Waals surface area contributed by atoms with Crippen molar-refractivity contribution < 1.29 is 13.2 Å². The highest BCUT2D eigenvalue weighted by molar-refractivity contribution is 5.79. The zero-order chi connectivity index (χ0) is 17.6. The first-order valence-corrected chi connectivity index (χ1v) is 8.17. The van der Waals surface area contributed by atoms with Gasteiger partial charge < -0.3 is 15.5 Å². The normalized spacial score (nSPS) is 17.8. The fourth-order valence-corrected chi connectivity index (χ4v) is 2.77. The number of nitrogens with zero attached hydrogens (tertiary/aromatic N) is 2. The van der Waals surface area contributed by atoms with Crippen molar-refractivity contribution in [1.82, 2.24) is 15.5 Å². The lowest BCUT2D eigenvalue weighted by Crippen LogP contribution is -2.42. The van der Waals surface area contributed by atoms with Gasteiger partial charge in [0.15, 0.2) is 5.96 Å². The quantitative estimate of drug-likeness (QED) is 0.653. The van der Waals surface area contributed by atoms with Crippen molar-refractivity contribution in [1.29, 1.82) is 0 Å². The minimum atomic E-state index is -4.32. The molecular weight excluding hydrogens is 317 g/mol. The molecule has 1 aliphatic rings. The summed E-state index contributed by atoms with van der Waals surface area (Å²) in [6.45, 7) is 3.33. The lowest BCUT2D eigenvalue weighted by molar-refractivity contribution is -0.137. The van der Waals surface area contributed by atoms with Gasteiger partial charge in [0, 0.05) is 20.1 Å². The van der Waals surface area contributed by atoms with Crippen LogP contribution in [0.2, 0.25) is 0 Å². The number of rotatable bonds is 4. The number of alkyl halides is 3. The number of guanidine groups is 1. The zero-order valence-electron chi connectivity index (χ0n) is 14.2. The van der Waals surface area contributed by atoms with Gasteiger partial charge in [0.05, 0.1) is 5.56 Å². The van der Waals surface area contributed by atoms with Crippen LogP contribution in [0.15, 0.2) is 29.3 Å². The molecule has 1 aromatic carbocycles. The molecule has 7 heteroatoms. The van der Waals surface area contributed by atoms with Crippen molar-refractivity contribution in [3.05, 3.63) is 35.4 Å². The summed E-state index contributed by atoms with van der Waals surface area (Å²) in [6, 6.07) is 5.34. The number of likely N-dealkylation sites (tertiary alicyclic amines) is 1. The summed E-state index contributed by atoms with van der Waals surface area (Å²) in [5, 5.41) is 6.34. The number of halogens is 3. The summed E-state index contributed by atoms with van der Waals surface area (Å²) in [4.78, 5) is 6.45. The van der Waals surface area contributed by atoms with E-state index >= 15 is 0 Å². The Kier molecular flexibility index (Phi) is 6.48. The van der Waals surface area contributed by atoms with E-state index in [2.05, 4.69) is 27.6 Å². The van der Waals surface area contributed by atoms with Crippen molar-refractivity contribution >= 4 is 5.96 Å². The van der Waals surface area contributed by atoms with E-state index in [1.165, 1.54) is 6.07 Å². The highest BCUT2D eigenvalue weighted by Crippen LogP contribution is 2.29. The summed E-state index contributed by atoms with van der Waals surface area (Å²) in [5.41, 5.74) is -0.0526. The van der Waals surface area contributed by atoms with E-state index < -0.39 is 11.7 Å². The minimum Gasteiger partial charge on any atom is -0.356 e. The molecule has 1 aromatic rings.